The van der Waals surface area contributed by atoms with Crippen molar-refractivity contribution in [2.75, 3.05) is 25.5 Å². The fourth-order valence-electron chi connectivity index (χ4n) is 2.30. The van der Waals surface area contributed by atoms with E-state index < -0.39 is 0 Å². The lowest BCUT2D eigenvalue weighted by atomic mass is 10.1. The lowest BCUT2D eigenvalue weighted by Gasteiger charge is -2.24. The minimum Gasteiger partial charge on any atom is -0.472 e. The van der Waals surface area contributed by atoms with E-state index >= 15 is 0 Å². The Morgan fingerprint density at radius 1 is 1.16 bits per heavy atom. The molecule has 2 N–H and O–H groups in total. The van der Waals surface area contributed by atoms with Crippen molar-refractivity contribution >= 4 is 16.9 Å². The van der Waals surface area contributed by atoms with Gasteiger partial charge >= 0.3 is 0 Å². The Kier molecular flexibility index (Phi) is 3.46. The number of para-hydroxylation sites is 2. The van der Waals surface area contributed by atoms with Gasteiger partial charge < -0.3 is 15.4 Å². The molecule has 1 aliphatic heterocycles. The SMILES string of the molecule is CNc1nc2ccccc2nc1OC1CCNCC1. The van der Waals surface area contributed by atoms with E-state index in [1.807, 2.05) is 31.3 Å². The van der Waals surface area contributed by atoms with E-state index in [9.17, 15) is 0 Å². The first-order valence-electron chi connectivity index (χ1n) is 6.69. The van der Waals surface area contributed by atoms with Crippen LogP contribution in [0.1, 0.15) is 12.8 Å². The summed E-state index contributed by atoms with van der Waals surface area (Å²) in [6.45, 7) is 2.00. The number of rotatable bonds is 3. The monoisotopic (exact) mass is 258 g/mol. The molecule has 2 heterocycles. The molecular formula is C14H18N4O. The highest BCUT2D eigenvalue weighted by Crippen LogP contribution is 2.25. The molecule has 0 unspecified atom stereocenters. The molecule has 19 heavy (non-hydrogen) atoms. The number of ether oxygens (including phenoxy) is 1. The molecule has 0 amide bonds. The fourth-order valence-corrected chi connectivity index (χ4v) is 2.30. The Morgan fingerprint density at radius 2 is 1.84 bits per heavy atom. The van der Waals surface area contributed by atoms with Crippen molar-refractivity contribution in [3.63, 3.8) is 0 Å². The van der Waals surface area contributed by atoms with Gasteiger partial charge in [0.05, 0.1) is 11.0 Å². The average Bonchev–Trinajstić information content (AvgIpc) is 2.47. The first-order valence-corrected chi connectivity index (χ1v) is 6.69. The summed E-state index contributed by atoms with van der Waals surface area (Å²) < 4.78 is 6.01. The molecule has 100 valence electrons. The molecule has 0 radical (unpaired) electrons. The highest BCUT2D eigenvalue weighted by atomic mass is 16.5. The van der Waals surface area contributed by atoms with Crippen LogP contribution in [-0.4, -0.2) is 36.2 Å². The summed E-state index contributed by atoms with van der Waals surface area (Å²) in [6.07, 6.45) is 2.25. The summed E-state index contributed by atoms with van der Waals surface area (Å²) in [7, 11) is 1.84. The van der Waals surface area contributed by atoms with Crippen molar-refractivity contribution in [1.82, 2.24) is 15.3 Å². The molecule has 0 atom stereocenters. The molecule has 0 spiro atoms. The van der Waals surface area contributed by atoms with Crippen LogP contribution in [0.25, 0.3) is 11.0 Å². The van der Waals surface area contributed by atoms with Crippen LogP contribution in [0.15, 0.2) is 24.3 Å². The van der Waals surface area contributed by atoms with Gasteiger partial charge in [0.15, 0.2) is 5.82 Å². The van der Waals surface area contributed by atoms with Gasteiger partial charge in [-0.1, -0.05) is 12.1 Å². The maximum atomic E-state index is 6.01. The van der Waals surface area contributed by atoms with Crippen LogP contribution in [0.4, 0.5) is 5.82 Å². The molecule has 1 saturated heterocycles. The molecular weight excluding hydrogens is 240 g/mol. The number of benzene rings is 1. The average molecular weight is 258 g/mol. The first-order chi connectivity index (χ1) is 9.36. The zero-order chi connectivity index (χ0) is 13.1. The molecule has 0 bridgehead atoms. The minimum absolute atomic E-state index is 0.226. The third-order valence-corrected chi connectivity index (χ3v) is 3.34. The number of nitrogens with zero attached hydrogens (tertiary/aromatic N) is 2. The Hall–Kier alpha value is -1.88. The Labute approximate surface area is 112 Å². The van der Waals surface area contributed by atoms with Crippen LogP contribution in [0.5, 0.6) is 5.88 Å². The zero-order valence-electron chi connectivity index (χ0n) is 11.0. The van der Waals surface area contributed by atoms with Crippen molar-refractivity contribution in [3.8, 4) is 5.88 Å². The van der Waals surface area contributed by atoms with Gasteiger partial charge in [0.1, 0.15) is 6.10 Å². The lowest BCUT2D eigenvalue weighted by molar-refractivity contribution is 0.157. The molecule has 5 nitrogen and oxygen atoms in total. The van der Waals surface area contributed by atoms with E-state index in [0.29, 0.717) is 11.7 Å². The summed E-state index contributed by atoms with van der Waals surface area (Å²) in [5, 5.41) is 6.39. The van der Waals surface area contributed by atoms with Crippen molar-refractivity contribution in [2.24, 2.45) is 0 Å². The largest absolute Gasteiger partial charge is 0.472 e. The van der Waals surface area contributed by atoms with Crippen LogP contribution in [-0.2, 0) is 0 Å². The van der Waals surface area contributed by atoms with Gasteiger partial charge in [-0.3, -0.25) is 0 Å². The quantitative estimate of drug-likeness (QED) is 0.879. The first kappa shape index (κ1) is 12.2. The standard InChI is InChI=1S/C14H18N4O/c1-15-13-14(19-10-6-8-16-9-7-10)18-12-5-3-2-4-11(12)17-13/h2-5,10,16H,6-9H2,1H3,(H,15,17). The molecule has 0 saturated carbocycles. The summed E-state index contributed by atoms with van der Waals surface area (Å²) in [5.74, 6) is 1.31. The summed E-state index contributed by atoms with van der Waals surface area (Å²) in [5.41, 5.74) is 1.75. The topological polar surface area (TPSA) is 59.1 Å². The van der Waals surface area contributed by atoms with Gasteiger partial charge in [0.2, 0.25) is 0 Å². The van der Waals surface area contributed by atoms with E-state index in [1.165, 1.54) is 0 Å². The molecule has 1 aliphatic rings. The second-order valence-electron chi connectivity index (χ2n) is 4.68. The number of nitrogens with one attached hydrogen (secondary N) is 2. The minimum atomic E-state index is 0.226. The van der Waals surface area contributed by atoms with Crippen LogP contribution in [0.2, 0.25) is 0 Å². The third kappa shape index (κ3) is 2.61. The van der Waals surface area contributed by atoms with Crippen LogP contribution in [0.3, 0.4) is 0 Å². The fraction of sp³-hybridized carbons (Fsp3) is 0.429. The summed E-state index contributed by atoms with van der Waals surface area (Å²) in [4.78, 5) is 9.12. The molecule has 0 aliphatic carbocycles. The van der Waals surface area contributed by atoms with Crippen LogP contribution >= 0.6 is 0 Å². The molecule has 1 aromatic heterocycles. The summed E-state index contributed by atoms with van der Waals surface area (Å²) >= 11 is 0. The van der Waals surface area contributed by atoms with E-state index in [-0.39, 0.29) is 6.10 Å². The third-order valence-electron chi connectivity index (χ3n) is 3.34. The second kappa shape index (κ2) is 5.40. The van der Waals surface area contributed by atoms with Gasteiger partial charge in [-0.05, 0) is 38.1 Å². The maximum absolute atomic E-state index is 6.01. The normalized spacial score (nSPS) is 16.5. The zero-order valence-corrected chi connectivity index (χ0v) is 11.0. The van der Waals surface area contributed by atoms with Crippen molar-refractivity contribution < 1.29 is 4.74 Å². The number of anilines is 1. The number of hydrogen-bond donors (Lipinski definition) is 2. The Bertz CT molecular complexity index is 566. The smallest absolute Gasteiger partial charge is 0.258 e. The van der Waals surface area contributed by atoms with Gasteiger partial charge in [0.25, 0.3) is 5.88 Å². The number of fused-ring (bicyclic) bond motifs is 1. The van der Waals surface area contributed by atoms with Gasteiger partial charge in [-0.15, -0.1) is 0 Å². The predicted octanol–water partition coefficient (Wildman–Crippen LogP) is 1.80. The number of piperidine rings is 1. The molecule has 3 rings (SSSR count). The van der Waals surface area contributed by atoms with Crippen LogP contribution < -0.4 is 15.4 Å². The highest BCUT2D eigenvalue weighted by Gasteiger charge is 2.18. The van der Waals surface area contributed by atoms with Gasteiger partial charge in [-0.2, -0.15) is 0 Å². The summed E-state index contributed by atoms with van der Waals surface area (Å²) in [6, 6.07) is 7.84. The van der Waals surface area contributed by atoms with E-state index in [0.717, 1.165) is 37.0 Å². The van der Waals surface area contributed by atoms with E-state index in [1.54, 1.807) is 0 Å². The molecule has 2 aromatic rings. The Balaban J connectivity index is 1.91. The van der Waals surface area contributed by atoms with Gasteiger partial charge in [-0.25, -0.2) is 9.97 Å². The molecule has 1 aromatic carbocycles. The van der Waals surface area contributed by atoms with Crippen molar-refractivity contribution in [2.45, 2.75) is 18.9 Å². The van der Waals surface area contributed by atoms with Crippen molar-refractivity contribution in [3.05, 3.63) is 24.3 Å². The van der Waals surface area contributed by atoms with Crippen LogP contribution in [0, 0.1) is 0 Å². The highest BCUT2D eigenvalue weighted by molar-refractivity contribution is 5.77. The lowest BCUT2D eigenvalue weighted by Crippen LogP contribution is -2.34. The van der Waals surface area contributed by atoms with Crippen molar-refractivity contribution in [1.29, 1.82) is 0 Å². The molecule has 5 heteroatoms. The Morgan fingerprint density at radius 3 is 2.53 bits per heavy atom. The predicted molar refractivity (Wildman–Crippen MR) is 75.6 cm³/mol. The second-order valence-corrected chi connectivity index (χ2v) is 4.68. The maximum Gasteiger partial charge on any atom is 0.258 e. The van der Waals surface area contributed by atoms with Gasteiger partial charge in [0, 0.05) is 7.05 Å². The van der Waals surface area contributed by atoms with E-state index in [4.69, 9.17) is 4.74 Å². The number of aromatic nitrogens is 2. The number of hydrogen-bond acceptors (Lipinski definition) is 5. The van der Waals surface area contributed by atoms with E-state index in [2.05, 4.69) is 20.6 Å². The molecule has 1 fully saturated rings.